The fourth-order valence-electron chi connectivity index (χ4n) is 1.95. The molecule has 0 unspecified atom stereocenters. The van der Waals surface area contributed by atoms with Crippen molar-refractivity contribution in [3.63, 3.8) is 0 Å². The molecule has 0 aliphatic heterocycles. The first kappa shape index (κ1) is 20.5. The van der Waals surface area contributed by atoms with E-state index in [4.69, 9.17) is 5.73 Å². The van der Waals surface area contributed by atoms with Crippen LogP contribution in [0.1, 0.15) is 45.6 Å². The largest absolute Gasteiger partial charge is 0.368 e. The van der Waals surface area contributed by atoms with E-state index in [1.54, 1.807) is 0 Å². The molecule has 1 aromatic carbocycles. The molecule has 0 aromatic heterocycles. The number of primary amides is 1. The Kier molecular flexibility index (Phi) is 7.42. The second-order valence-electron chi connectivity index (χ2n) is 6.30. The van der Waals surface area contributed by atoms with E-state index in [0.717, 1.165) is 6.42 Å². The van der Waals surface area contributed by atoms with Crippen molar-refractivity contribution in [3.8, 4) is 0 Å². The number of nitrogens with one attached hydrogen (secondary N) is 1. The third kappa shape index (κ3) is 6.82. The Morgan fingerprint density at radius 3 is 2.32 bits per heavy atom. The summed E-state index contributed by atoms with van der Waals surface area (Å²) >= 11 is 0. The van der Waals surface area contributed by atoms with Crippen molar-refractivity contribution in [1.82, 2.24) is 5.32 Å². The monoisotopic (exact) mass is 349 g/mol. The van der Waals surface area contributed by atoms with Crippen molar-refractivity contribution >= 4 is 23.4 Å². The number of carbonyl (C=O) groups excluding carboxylic acids is 3. The summed E-state index contributed by atoms with van der Waals surface area (Å²) in [7, 11) is 0. The summed E-state index contributed by atoms with van der Waals surface area (Å²) < 4.78 is 12.9. The predicted octanol–water partition coefficient (Wildman–Crippen LogP) is 1.91. The SMILES string of the molecule is CCCCC(=NC(=O)Cc1ccc(F)cc1)C(=O)NC(C)(C)C(N)=O. The zero-order chi connectivity index (χ0) is 19.0. The van der Waals surface area contributed by atoms with E-state index in [1.165, 1.54) is 38.1 Å². The van der Waals surface area contributed by atoms with Gasteiger partial charge < -0.3 is 11.1 Å². The van der Waals surface area contributed by atoms with Crippen LogP contribution in [-0.2, 0) is 20.8 Å². The number of rotatable bonds is 8. The molecule has 0 bridgehead atoms. The van der Waals surface area contributed by atoms with Crippen LogP contribution in [0.25, 0.3) is 0 Å². The lowest BCUT2D eigenvalue weighted by atomic mass is 10.0. The minimum Gasteiger partial charge on any atom is -0.368 e. The van der Waals surface area contributed by atoms with E-state index < -0.39 is 29.1 Å². The van der Waals surface area contributed by atoms with Gasteiger partial charge >= 0.3 is 0 Å². The molecule has 3 amide bonds. The highest BCUT2D eigenvalue weighted by atomic mass is 19.1. The molecule has 3 N–H and O–H groups in total. The molecule has 1 aromatic rings. The molecular formula is C18H24FN3O3. The van der Waals surface area contributed by atoms with Crippen LogP contribution in [0.5, 0.6) is 0 Å². The minimum absolute atomic E-state index is 0.0393. The fraction of sp³-hybridized carbons (Fsp3) is 0.444. The molecule has 0 aliphatic rings. The summed E-state index contributed by atoms with van der Waals surface area (Å²) in [6, 6.07) is 5.49. The molecule has 25 heavy (non-hydrogen) atoms. The number of aliphatic imine (C=N–C) groups is 1. The van der Waals surface area contributed by atoms with Crippen molar-refractivity contribution in [1.29, 1.82) is 0 Å². The Morgan fingerprint density at radius 1 is 1.20 bits per heavy atom. The molecule has 0 aliphatic carbocycles. The second kappa shape index (κ2) is 9.05. The summed E-state index contributed by atoms with van der Waals surface area (Å²) in [6.45, 7) is 4.90. The van der Waals surface area contributed by atoms with Crippen LogP contribution in [0.15, 0.2) is 29.3 Å². The molecule has 136 valence electrons. The van der Waals surface area contributed by atoms with Gasteiger partial charge in [0.2, 0.25) is 5.91 Å². The van der Waals surface area contributed by atoms with Crippen LogP contribution in [-0.4, -0.2) is 29.0 Å². The number of hydrogen-bond acceptors (Lipinski definition) is 3. The number of unbranched alkanes of at least 4 members (excludes halogenated alkanes) is 1. The Bertz CT molecular complexity index is 667. The smallest absolute Gasteiger partial charge is 0.266 e. The second-order valence-corrected chi connectivity index (χ2v) is 6.30. The van der Waals surface area contributed by atoms with E-state index in [0.29, 0.717) is 18.4 Å². The van der Waals surface area contributed by atoms with Crippen molar-refractivity contribution in [3.05, 3.63) is 35.6 Å². The predicted molar refractivity (Wildman–Crippen MR) is 93.5 cm³/mol. The van der Waals surface area contributed by atoms with Gasteiger partial charge in [-0.05, 0) is 44.4 Å². The fourth-order valence-corrected chi connectivity index (χ4v) is 1.95. The van der Waals surface area contributed by atoms with Gasteiger partial charge in [0.15, 0.2) is 0 Å². The van der Waals surface area contributed by atoms with Gasteiger partial charge in [0, 0.05) is 0 Å². The standard InChI is InChI=1S/C18H24FN3O3/c1-4-5-6-14(16(24)22-18(2,3)17(20)25)21-15(23)11-12-7-9-13(19)10-8-12/h7-10H,4-6,11H2,1-3H3,(H2,20,25)(H,22,24). The van der Waals surface area contributed by atoms with Crippen LogP contribution in [0.2, 0.25) is 0 Å². The van der Waals surface area contributed by atoms with E-state index in [2.05, 4.69) is 10.3 Å². The van der Waals surface area contributed by atoms with Gasteiger partial charge in [-0.3, -0.25) is 14.4 Å². The average Bonchev–Trinajstić information content (AvgIpc) is 2.53. The molecular weight excluding hydrogens is 325 g/mol. The highest BCUT2D eigenvalue weighted by Gasteiger charge is 2.28. The first-order chi connectivity index (χ1) is 11.7. The maximum atomic E-state index is 12.9. The molecule has 0 saturated heterocycles. The highest BCUT2D eigenvalue weighted by molar-refractivity contribution is 6.40. The topological polar surface area (TPSA) is 102 Å². The maximum absolute atomic E-state index is 12.9. The van der Waals surface area contributed by atoms with Crippen LogP contribution < -0.4 is 11.1 Å². The van der Waals surface area contributed by atoms with Crippen LogP contribution in [0.3, 0.4) is 0 Å². The van der Waals surface area contributed by atoms with Gasteiger partial charge in [-0.15, -0.1) is 0 Å². The van der Waals surface area contributed by atoms with Crippen LogP contribution in [0.4, 0.5) is 4.39 Å². The Labute approximate surface area is 146 Å². The first-order valence-electron chi connectivity index (χ1n) is 8.13. The number of amides is 3. The summed E-state index contributed by atoms with van der Waals surface area (Å²) in [6.07, 6.45) is 1.76. The van der Waals surface area contributed by atoms with Gasteiger partial charge in [0.25, 0.3) is 11.8 Å². The first-order valence-corrected chi connectivity index (χ1v) is 8.13. The number of hydrogen-bond donors (Lipinski definition) is 2. The summed E-state index contributed by atoms with van der Waals surface area (Å²) in [5, 5.41) is 2.50. The van der Waals surface area contributed by atoms with Gasteiger partial charge in [-0.2, -0.15) is 0 Å². The van der Waals surface area contributed by atoms with E-state index in [-0.39, 0.29) is 12.1 Å². The Hall–Kier alpha value is -2.57. The third-order valence-corrected chi connectivity index (χ3v) is 3.60. The van der Waals surface area contributed by atoms with Gasteiger partial charge in [-0.1, -0.05) is 25.5 Å². The Balaban J connectivity index is 2.90. The van der Waals surface area contributed by atoms with E-state index in [1.807, 2.05) is 6.92 Å². The zero-order valence-corrected chi connectivity index (χ0v) is 14.8. The summed E-state index contributed by atoms with van der Waals surface area (Å²) in [4.78, 5) is 39.7. The normalized spacial score (nSPS) is 11.9. The van der Waals surface area contributed by atoms with Gasteiger partial charge in [0.1, 0.15) is 17.1 Å². The molecule has 7 heteroatoms. The van der Waals surface area contributed by atoms with E-state index in [9.17, 15) is 18.8 Å². The molecule has 0 heterocycles. The van der Waals surface area contributed by atoms with Crippen LogP contribution in [0, 0.1) is 5.82 Å². The third-order valence-electron chi connectivity index (χ3n) is 3.60. The average molecular weight is 349 g/mol. The minimum atomic E-state index is -1.25. The quantitative estimate of drug-likeness (QED) is 0.701. The molecule has 0 radical (unpaired) electrons. The number of nitrogens with zero attached hydrogens (tertiary/aromatic N) is 1. The highest BCUT2D eigenvalue weighted by Crippen LogP contribution is 2.07. The molecule has 1 rings (SSSR count). The zero-order valence-electron chi connectivity index (χ0n) is 14.8. The lowest BCUT2D eigenvalue weighted by Crippen LogP contribution is -2.54. The van der Waals surface area contributed by atoms with E-state index >= 15 is 0 Å². The number of carbonyl (C=O) groups is 3. The number of benzene rings is 1. The molecule has 0 saturated carbocycles. The summed E-state index contributed by atoms with van der Waals surface area (Å²) in [5.74, 6) is -2.18. The van der Waals surface area contributed by atoms with Gasteiger partial charge in [0.05, 0.1) is 6.42 Å². The van der Waals surface area contributed by atoms with Crippen molar-refractivity contribution in [2.75, 3.05) is 0 Å². The molecule has 0 atom stereocenters. The number of nitrogens with two attached hydrogens (primary N) is 1. The maximum Gasteiger partial charge on any atom is 0.266 e. The lowest BCUT2D eigenvalue weighted by molar-refractivity contribution is -0.127. The molecule has 6 nitrogen and oxygen atoms in total. The van der Waals surface area contributed by atoms with Crippen molar-refractivity contribution < 1.29 is 18.8 Å². The van der Waals surface area contributed by atoms with Crippen molar-refractivity contribution in [2.45, 2.75) is 52.0 Å². The van der Waals surface area contributed by atoms with Crippen LogP contribution >= 0.6 is 0 Å². The summed E-state index contributed by atoms with van der Waals surface area (Å²) in [5.41, 5.74) is 4.66. The van der Waals surface area contributed by atoms with Crippen molar-refractivity contribution in [2.24, 2.45) is 10.7 Å². The van der Waals surface area contributed by atoms with Gasteiger partial charge in [-0.25, -0.2) is 9.38 Å². The Morgan fingerprint density at radius 2 is 1.80 bits per heavy atom. The number of halogens is 1. The lowest BCUT2D eigenvalue weighted by Gasteiger charge is -2.22. The molecule has 0 spiro atoms. The molecule has 0 fully saturated rings.